The fraction of sp³-hybridized carbons (Fsp3) is 0.333. The summed E-state index contributed by atoms with van der Waals surface area (Å²) in [6.45, 7) is 2.28. The van der Waals surface area contributed by atoms with Crippen molar-refractivity contribution in [3.63, 3.8) is 0 Å². The van der Waals surface area contributed by atoms with Crippen molar-refractivity contribution in [2.75, 3.05) is 6.61 Å². The van der Waals surface area contributed by atoms with Crippen LogP contribution in [-0.4, -0.2) is 17.8 Å². The minimum Gasteiger partial charge on any atom is -0.395 e. The molecule has 0 bridgehead atoms. The molecule has 0 aliphatic heterocycles. The van der Waals surface area contributed by atoms with Gasteiger partial charge in [-0.2, -0.15) is 0 Å². The van der Waals surface area contributed by atoms with E-state index < -0.39 is 0 Å². The third-order valence-electron chi connectivity index (χ3n) is 3.05. The van der Waals surface area contributed by atoms with Crippen LogP contribution in [0.25, 0.3) is 0 Å². The van der Waals surface area contributed by atoms with Crippen LogP contribution in [-0.2, 0) is 6.42 Å². The first-order valence-corrected chi connectivity index (χ1v) is 7.96. The number of thiophene rings is 1. The molecule has 0 fully saturated rings. The van der Waals surface area contributed by atoms with Gasteiger partial charge in [-0.25, -0.2) is 0 Å². The van der Waals surface area contributed by atoms with Gasteiger partial charge in [0.15, 0.2) is 0 Å². The SMILES string of the molecule is CC(N[C@@H](CO)Cc1ccccc1)c1ccc(Br)s1. The van der Waals surface area contributed by atoms with Gasteiger partial charge in [-0.15, -0.1) is 11.3 Å². The van der Waals surface area contributed by atoms with Gasteiger partial charge in [0.1, 0.15) is 0 Å². The number of hydrogen-bond acceptors (Lipinski definition) is 3. The highest BCUT2D eigenvalue weighted by Gasteiger charge is 2.14. The number of halogens is 1. The van der Waals surface area contributed by atoms with Gasteiger partial charge in [-0.05, 0) is 47.0 Å². The summed E-state index contributed by atoms with van der Waals surface area (Å²) in [4.78, 5) is 1.28. The monoisotopic (exact) mass is 339 g/mol. The number of nitrogens with one attached hydrogen (secondary N) is 1. The predicted molar refractivity (Wildman–Crippen MR) is 84.6 cm³/mol. The lowest BCUT2D eigenvalue weighted by Crippen LogP contribution is -2.36. The molecule has 1 aromatic heterocycles. The van der Waals surface area contributed by atoms with E-state index in [-0.39, 0.29) is 18.7 Å². The van der Waals surface area contributed by atoms with Crippen LogP contribution < -0.4 is 5.32 Å². The van der Waals surface area contributed by atoms with Gasteiger partial charge in [-0.3, -0.25) is 0 Å². The Hall–Kier alpha value is -0.680. The van der Waals surface area contributed by atoms with Crippen molar-refractivity contribution in [3.8, 4) is 0 Å². The molecule has 0 aliphatic carbocycles. The molecule has 2 atom stereocenters. The van der Waals surface area contributed by atoms with Crippen molar-refractivity contribution in [1.82, 2.24) is 5.32 Å². The van der Waals surface area contributed by atoms with Crippen LogP contribution >= 0.6 is 27.3 Å². The van der Waals surface area contributed by atoms with Crippen molar-refractivity contribution < 1.29 is 5.11 Å². The second-order valence-electron chi connectivity index (χ2n) is 4.60. The molecule has 4 heteroatoms. The molecule has 1 heterocycles. The molecular formula is C15H18BrNOS. The Bertz CT molecular complexity index is 500. The summed E-state index contributed by atoms with van der Waals surface area (Å²) < 4.78 is 1.14. The second-order valence-corrected chi connectivity index (χ2v) is 7.09. The van der Waals surface area contributed by atoms with E-state index in [0.29, 0.717) is 0 Å². The van der Waals surface area contributed by atoms with E-state index in [1.807, 2.05) is 18.2 Å². The van der Waals surface area contributed by atoms with Crippen molar-refractivity contribution >= 4 is 27.3 Å². The third-order valence-corrected chi connectivity index (χ3v) is 4.86. The number of aliphatic hydroxyl groups excluding tert-OH is 1. The molecule has 2 nitrogen and oxygen atoms in total. The molecule has 1 unspecified atom stereocenters. The highest BCUT2D eigenvalue weighted by molar-refractivity contribution is 9.11. The molecule has 1 aromatic carbocycles. The summed E-state index contributed by atoms with van der Waals surface area (Å²) in [5.74, 6) is 0. The molecule has 0 radical (unpaired) electrons. The van der Waals surface area contributed by atoms with Gasteiger partial charge in [0.2, 0.25) is 0 Å². The lowest BCUT2D eigenvalue weighted by atomic mass is 10.1. The Morgan fingerprint density at radius 2 is 1.95 bits per heavy atom. The first kappa shape index (κ1) is 14.7. The summed E-state index contributed by atoms with van der Waals surface area (Å²) in [5, 5.41) is 13.0. The molecule has 0 aliphatic rings. The summed E-state index contributed by atoms with van der Waals surface area (Å²) in [6.07, 6.45) is 0.841. The summed E-state index contributed by atoms with van der Waals surface area (Å²) >= 11 is 5.21. The average Bonchev–Trinajstić information content (AvgIpc) is 2.86. The zero-order valence-corrected chi connectivity index (χ0v) is 13.2. The Balaban J connectivity index is 1.95. The minimum absolute atomic E-state index is 0.0817. The standard InChI is InChI=1S/C15H18BrNOS/c1-11(14-7-8-15(16)19-14)17-13(10-18)9-12-5-3-2-4-6-12/h2-8,11,13,17-18H,9-10H2,1H3/t11?,13-/m1/s1. The van der Waals surface area contributed by atoms with Crippen molar-refractivity contribution in [3.05, 3.63) is 56.7 Å². The smallest absolute Gasteiger partial charge is 0.0701 e. The van der Waals surface area contributed by atoms with Crippen LogP contribution in [0.15, 0.2) is 46.3 Å². The van der Waals surface area contributed by atoms with Crippen LogP contribution in [0.3, 0.4) is 0 Å². The number of rotatable bonds is 6. The molecule has 0 saturated heterocycles. The zero-order valence-electron chi connectivity index (χ0n) is 10.8. The molecular weight excluding hydrogens is 322 g/mol. The maximum Gasteiger partial charge on any atom is 0.0701 e. The first-order valence-electron chi connectivity index (χ1n) is 6.35. The van der Waals surface area contributed by atoms with E-state index in [1.165, 1.54) is 10.4 Å². The molecule has 102 valence electrons. The van der Waals surface area contributed by atoms with Gasteiger partial charge in [0.25, 0.3) is 0 Å². The Morgan fingerprint density at radius 1 is 1.21 bits per heavy atom. The quantitative estimate of drug-likeness (QED) is 0.839. The Labute approximate surface area is 126 Å². The molecule has 2 aromatic rings. The third kappa shape index (κ3) is 4.42. The van der Waals surface area contributed by atoms with E-state index >= 15 is 0 Å². The van der Waals surface area contributed by atoms with E-state index in [9.17, 15) is 5.11 Å². The largest absolute Gasteiger partial charge is 0.395 e. The summed E-state index contributed by atoms with van der Waals surface area (Å²) in [7, 11) is 0. The van der Waals surface area contributed by atoms with Crippen LogP contribution in [0.1, 0.15) is 23.4 Å². The number of aliphatic hydroxyl groups is 1. The van der Waals surface area contributed by atoms with Crippen LogP contribution in [0, 0.1) is 0 Å². The molecule has 2 N–H and O–H groups in total. The Morgan fingerprint density at radius 3 is 2.53 bits per heavy atom. The molecule has 2 rings (SSSR count). The number of benzene rings is 1. The highest BCUT2D eigenvalue weighted by Crippen LogP contribution is 2.27. The first-order chi connectivity index (χ1) is 9.19. The second kappa shape index (κ2) is 7.20. The fourth-order valence-electron chi connectivity index (χ4n) is 2.07. The van der Waals surface area contributed by atoms with Crippen molar-refractivity contribution in [2.45, 2.75) is 25.4 Å². The summed E-state index contributed by atoms with van der Waals surface area (Å²) in [5.41, 5.74) is 1.24. The normalized spacial score (nSPS) is 14.3. The van der Waals surface area contributed by atoms with Gasteiger partial charge in [0, 0.05) is 17.0 Å². The highest BCUT2D eigenvalue weighted by atomic mass is 79.9. The predicted octanol–water partition coefficient (Wildman–Crippen LogP) is 3.76. The average molecular weight is 340 g/mol. The Kier molecular flexibility index (Phi) is 5.58. The van der Waals surface area contributed by atoms with E-state index in [4.69, 9.17) is 0 Å². The summed E-state index contributed by atoms with van der Waals surface area (Å²) in [6, 6.07) is 14.8. The van der Waals surface area contributed by atoms with Crippen LogP contribution in [0.4, 0.5) is 0 Å². The van der Waals surface area contributed by atoms with Gasteiger partial charge >= 0.3 is 0 Å². The van der Waals surface area contributed by atoms with E-state index in [0.717, 1.165) is 10.2 Å². The van der Waals surface area contributed by atoms with Gasteiger partial charge < -0.3 is 10.4 Å². The fourth-order valence-corrected chi connectivity index (χ4v) is 3.51. The lowest BCUT2D eigenvalue weighted by molar-refractivity contribution is 0.233. The molecule has 19 heavy (non-hydrogen) atoms. The minimum atomic E-state index is 0.0817. The molecule has 0 amide bonds. The van der Waals surface area contributed by atoms with E-state index in [1.54, 1.807) is 11.3 Å². The lowest BCUT2D eigenvalue weighted by Gasteiger charge is -2.21. The zero-order chi connectivity index (χ0) is 13.7. The van der Waals surface area contributed by atoms with Gasteiger partial charge in [0.05, 0.1) is 10.4 Å². The number of hydrogen-bond donors (Lipinski definition) is 2. The maximum atomic E-state index is 9.52. The van der Waals surface area contributed by atoms with Crippen LogP contribution in [0.2, 0.25) is 0 Å². The van der Waals surface area contributed by atoms with Crippen molar-refractivity contribution in [1.29, 1.82) is 0 Å². The maximum absolute atomic E-state index is 9.52. The molecule has 0 saturated carbocycles. The molecule has 0 spiro atoms. The van der Waals surface area contributed by atoms with E-state index in [2.05, 4.69) is 52.4 Å². The van der Waals surface area contributed by atoms with Crippen LogP contribution in [0.5, 0.6) is 0 Å². The van der Waals surface area contributed by atoms with Crippen molar-refractivity contribution in [2.24, 2.45) is 0 Å². The topological polar surface area (TPSA) is 32.3 Å². The van der Waals surface area contributed by atoms with Gasteiger partial charge in [-0.1, -0.05) is 30.3 Å².